The number of carbonyl (C=O) groups is 1. The van der Waals surface area contributed by atoms with E-state index in [4.69, 9.17) is 0 Å². The summed E-state index contributed by atoms with van der Waals surface area (Å²) in [6, 6.07) is 11.3. The lowest BCUT2D eigenvalue weighted by molar-refractivity contribution is -0.376. The highest BCUT2D eigenvalue weighted by Crippen LogP contribution is 2.50. The highest BCUT2D eigenvalue weighted by atomic mass is 19.4. The van der Waals surface area contributed by atoms with Crippen LogP contribution in [-0.4, -0.2) is 29.9 Å². The molecule has 0 aromatic heterocycles. The topological polar surface area (TPSA) is 40.5 Å². The molecule has 0 saturated heterocycles. The lowest BCUT2D eigenvalue weighted by atomic mass is 9.82. The van der Waals surface area contributed by atoms with Gasteiger partial charge in [0.05, 0.1) is 5.41 Å². The molecule has 0 saturated carbocycles. The van der Waals surface area contributed by atoms with Gasteiger partial charge in [0.15, 0.2) is 0 Å². The van der Waals surface area contributed by atoms with Crippen LogP contribution in [0.15, 0.2) is 48.5 Å². The zero-order valence-corrected chi connectivity index (χ0v) is 17.5. The van der Waals surface area contributed by atoms with Crippen LogP contribution >= 0.6 is 0 Å². The minimum absolute atomic E-state index is 0.157. The molecule has 0 radical (unpaired) electrons. The number of amides is 1. The zero-order chi connectivity index (χ0) is 23.9. The van der Waals surface area contributed by atoms with E-state index in [0.29, 0.717) is 18.9 Å². The van der Waals surface area contributed by atoms with Gasteiger partial charge in [-0.25, -0.2) is 0 Å². The van der Waals surface area contributed by atoms with Gasteiger partial charge in [-0.15, -0.1) is 0 Å². The first-order chi connectivity index (χ1) is 14.7. The molecule has 2 aromatic carbocycles. The van der Waals surface area contributed by atoms with E-state index in [2.05, 4.69) is 0 Å². The third-order valence-corrected chi connectivity index (χ3v) is 5.96. The van der Waals surface area contributed by atoms with E-state index in [0.717, 1.165) is 17.7 Å². The Morgan fingerprint density at radius 2 is 1.47 bits per heavy atom. The summed E-state index contributed by atoms with van der Waals surface area (Å²) in [5, 5.41) is 9.75. The van der Waals surface area contributed by atoms with Crippen molar-refractivity contribution < 1.29 is 36.2 Å². The Morgan fingerprint density at radius 3 is 2.03 bits per heavy atom. The summed E-state index contributed by atoms with van der Waals surface area (Å²) < 4.78 is 79.9. The van der Waals surface area contributed by atoms with Gasteiger partial charge in [0.25, 0.3) is 5.60 Å². The second kappa shape index (κ2) is 8.10. The molecule has 1 N–H and O–H groups in total. The molecule has 0 spiro atoms. The number of hydrogen-bond donors (Lipinski definition) is 1. The van der Waals surface area contributed by atoms with Gasteiger partial charge in [-0.3, -0.25) is 4.79 Å². The minimum atomic E-state index is -5.96. The Hall–Kier alpha value is -2.55. The molecule has 9 heteroatoms. The average Bonchev–Trinajstić information content (AvgIpc) is 2.93. The van der Waals surface area contributed by atoms with E-state index in [1.165, 1.54) is 4.90 Å². The SMILES string of the molecule is CC(C)(C(=O)N1CCCCc2cc(C(O)(C(F)(F)F)C(F)(F)F)ccc21)c1ccccc1. The number of hydrogen-bond acceptors (Lipinski definition) is 2. The van der Waals surface area contributed by atoms with Crippen LogP contribution < -0.4 is 4.90 Å². The largest absolute Gasteiger partial charge is 0.430 e. The average molecular weight is 459 g/mol. The summed E-state index contributed by atoms with van der Waals surface area (Å²) >= 11 is 0. The number of rotatable bonds is 3. The predicted molar refractivity (Wildman–Crippen MR) is 107 cm³/mol. The molecule has 0 atom stereocenters. The van der Waals surface area contributed by atoms with Gasteiger partial charge in [-0.05, 0) is 50.3 Å². The number of fused-ring (bicyclic) bond motifs is 1. The van der Waals surface area contributed by atoms with E-state index < -0.39 is 28.9 Å². The molecule has 1 amide bonds. The fraction of sp³-hybridized carbons (Fsp3) is 0.435. The van der Waals surface area contributed by atoms with Crippen LogP contribution in [0.3, 0.4) is 0 Å². The minimum Gasteiger partial charge on any atom is -0.369 e. The quantitative estimate of drug-likeness (QED) is 0.603. The molecular weight excluding hydrogens is 436 g/mol. The zero-order valence-electron chi connectivity index (χ0n) is 17.5. The van der Waals surface area contributed by atoms with Gasteiger partial charge in [0, 0.05) is 17.8 Å². The predicted octanol–water partition coefficient (Wildman–Crippen LogP) is 5.65. The van der Waals surface area contributed by atoms with E-state index in [1.807, 2.05) is 0 Å². The van der Waals surface area contributed by atoms with Crippen molar-refractivity contribution in [2.75, 3.05) is 11.4 Å². The first-order valence-electron chi connectivity index (χ1n) is 10.1. The summed E-state index contributed by atoms with van der Waals surface area (Å²) in [6.07, 6.45) is -10.7. The summed E-state index contributed by atoms with van der Waals surface area (Å²) in [6.45, 7) is 3.72. The summed E-state index contributed by atoms with van der Waals surface area (Å²) in [4.78, 5) is 14.9. The molecular formula is C23H23F6NO2. The van der Waals surface area contributed by atoms with E-state index in [9.17, 15) is 36.2 Å². The van der Waals surface area contributed by atoms with Gasteiger partial charge in [-0.1, -0.05) is 42.5 Å². The molecule has 1 aliphatic rings. The van der Waals surface area contributed by atoms with E-state index in [-0.39, 0.29) is 30.1 Å². The van der Waals surface area contributed by atoms with Gasteiger partial charge < -0.3 is 10.0 Å². The second-order valence-electron chi connectivity index (χ2n) is 8.45. The Bertz CT molecular complexity index is 968. The molecule has 174 valence electrons. The molecule has 1 aliphatic heterocycles. The first kappa shape index (κ1) is 24.1. The normalized spacial score (nSPS) is 15.8. The van der Waals surface area contributed by atoms with Crippen LogP contribution in [0.4, 0.5) is 32.0 Å². The Morgan fingerprint density at radius 1 is 0.875 bits per heavy atom. The monoisotopic (exact) mass is 459 g/mol. The molecule has 0 unspecified atom stereocenters. The summed E-state index contributed by atoms with van der Waals surface area (Å²) in [5.74, 6) is -0.318. The van der Waals surface area contributed by atoms with Crippen LogP contribution in [-0.2, 0) is 22.2 Å². The number of aliphatic hydroxyl groups is 1. The molecule has 1 heterocycles. The third-order valence-electron chi connectivity index (χ3n) is 5.96. The fourth-order valence-corrected chi connectivity index (χ4v) is 3.99. The third kappa shape index (κ3) is 3.98. The summed E-state index contributed by atoms with van der Waals surface area (Å²) in [7, 11) is 0. The maximum Gasteiger partial charge on any atom is 0.430 e. The number of halogens is 6. The molecule has 0 bridgehead atoms. The number of alkyl halides is 6. The maximum absolute atomic E-state index is 13.5. The molecule has 2 aromatic rings. The van der Waals surface area contributed by atoms with Crippen molar-refractivity contribution in [2.45, 2.75) is 56.5 Å². The number of aryl methyl sites for hydroxylation is 1. The van der Waals surface area contributed by atoms with Gasteiger partial charge >= 0.3 is 12.4 Å². The Kier molecular flexibility index (Phi) is 6.10. The van der Waals surface area contributed by atoms with Crippen molar-refractivity contribution in [1.82, 2.24) is 0 Å². The van der Waals surface area contributed by atoms with E-state index >= 15 is 0 Å². The van der Waals surface area contributed by atoms with Crippen LogP contribution in [0.1, 0.15) is 43.4 Å². The van der Waals surface area contributed by atoms with Crippen LogP contribution in [0.5, 0.6) is 0 Å². The van der Waals surface area contributed by atoms with Crippen molar-refractivity contribution in [3.63, 3.8) is 0 Å². The van der Waals surface area contributed by atoms with Crippen LogP contribution in [0.25, 0.3) is 0 Å². The molecule has 0 fully saturated rings. The van der Waals surface area contributed by atoms with Crippen molar-refractivity contribution in [3.8, 4) is 0 Å². The highest BCUT2D eigenvalue weighted by molar-refractivity contribution is 6.01. The van der Waals surface area contributed by atoms with Crippen molar-refractivity contribution in [3.05, 3.63) is 65.2 Å². The lowest BCUT2D eigenvalue weighted by Gasteiger charge is -2.35. The number of carbonyl (C=O) groups excluding carboxylic acids is 1. The Labute approximate surface area is 181 Å². The molecule has 3 rings (SSSR count). The number of benzene rings is 2. The standard InChI is InChI=1S/C23H23F6NO2/c1-20(2,16-9-4-3-5-10-16)19(31)30-13-7-6-8-15-14-17(11-12-18(15)30)21(32,22(24,25)26)23(27,28)29/h3-5,9-12,14,32H,6-8,13H2,1-2H3. The number of anilines is 1. The van der Waals surface area contributed by atoms with Crippen molar-refractivity contribution >= 4 is 11.6 Å². The van der Waals surface area contributed by atoms with Crippen LogP contribution in [0, 0.1) is 0 Å². The Balaban J connectivity index is 2.08. The molecule has 32 heavy (non-hydrogen) atoms. The van der Waals surface area contributed by atoms with Crippen molar-refractivity contribution in [2.24, 2.45) is 0 Å². The number of nitrogens with zero attached hydrogens (tertiary/aromatic N) is 1. The molecule has 0 aliphatic carbocycles. The first-order valence-corrected chi connectivity index (χ1v) is 10.1. The fourth-order valence-electron chi connectivity index (χ4n) is 3.99. The molecule has 3 nitrogen and oxygen atoms in total. The van der Waals surface area contributed by atoms with E-state index in [1.54, 1.807) is 44.2 Å². The smallest absolute Gasteiger partial charge is 0.369 e. The maximum atomic E-state index is 13.5. The van der Waals surface area contributed by atoms with Crippen molar-refractivity contribution in [1.29, 1.82) is 0 Å². The van der Waals surface area contributed by atoms with Gasteiger partial charge in [-0.2, -0.15) is 26.3 Å². The van der Waals surface area contributed by atoms with Gasteiger partial charge in [0.2, 0.25) is 5.91 Å². The van der Waals surface area contributed by atoms with Crippen LogP contribution in [0.2, 0.25) is 0 Å². The summed E-state index contributed by atoms with van der Waals surface area (Å²) in [5.41, 5.74) is -6.14. The second-order valence-corrected chi connectivity index (χ2v) is 8.45. The van der Waals surface area contributed by atoms with Gasteiger partial charge in [0.1, 0.15) is 0 Å². The lowest BCUT2D eigenvalue weighted by Crippen LogP contribution is -2.54. The highest BCUT2D eigenvalue weighted by Gasteiger charge is 2.71.